The highest BCUT2D eigenvalue weighted by Crippen LogP contribution is 2.18. The maximum atomic E-state index is 5.45. The van der Waals surface area contributed by atoms with Crippen LogP contribution in [0.3, 0.4) is 0 Å². The zero-order chi connectivity index (χ0) is 22.6. The molecule has 3 rings (SSSR count). The number of para-hydroxylation sites is 1. The first kappa shape index (κ1) is 23.1. The highest BCUT2D eigenvalue weighted by Gasteiger charge is 2.05. The van der Waals surface area contributed by atoms with Crippen LogP contribution in [-0.4, -0.2) is 48.0 Å². The number of methoxy groups -OCH3 is 2. The summed E-state index contributed by atoms with van der Waals surface area (Å²) in [7, 11) is 3.36. The van der Waals surface area contributed by atoms with Gasteiger partial charge in [-0.25, -0.2) is 4.99 Å². The van der Waals surface area contributed by atoms with Crippen molar-refractivity contribution in [1.82, 2.24) is 25.4 Å². The van der Waals surface area contributed by atoms with Crippen molar-refractivity contribution in [3.05, 3.63) is 71.8 Å². The van der Waals surface area contributed by atoms with Gasteiger partial charge in [0.1, 0.15) is 23.7 Å². The average molecular weight is 437 g/mol. The number of aromatic nitrogens is 3. The average Bonchev–Trinajstić information content (AvgIpc) is 3.30. The first-order valence-electron chi connectivity index (χ1n) is 10.9. The molecule has 0 unspecified atom stereocenters. The summed E-state index contributed by atoms with van der Waals surface area (Å²) in [5.41, 5.74) is 2.28. The molecule has 0 aliphatic rings. The number of rotatable bonds is 11. The van der Waals surface area contributed by atoms with Gasteiger partial charge in [-0.05, 0) is 30.2 Å². The maximum absolute atomic E-state index is 5.45. The zero-order valence-electron chi connectivity index (χ0n) is 19.0. The lowest BCUT2D eigenvalue weighted by Gasteiger charge is -2.14. The second kappa shape index (κ2) is 12.3. The van der Waals surface area contributed by atoms with Crippen molar-refractivity contribution in [2.75, 3.05) is 27.3 Å². The molecule has 0 radical (unpaired) electrons. The Kier molecular flexibility index (Phi) is 8.92. The minimum Gasteiger partial charge on any atom is -0.497 e. The van der Waals surface area contributed by atoms with E-state index in [4.69, 9.17) is 14.5 Å². The van der Waals surface area contributed by atoms with Crippen molar-refractivity contribution < 1.29 is 9.47 Å². The molecule has 8 heteroatoms. The first-order valence-corrected chi connectivity index (χ1v) is 10.9. The highest BCUT2D eigenvalue weighted by atomic mass is 16.5. The van der Waals surface area contributed by atoms with E-state index in [-0.39, 0.29) is 0 Å². The molecule has 0 bridgehead atoms. The molecular weight excluding hydrogens is 404 g/mol. The predicted molar refractivity (Wildman–Crippen MR) is 126 cm³/mol. The SMILES string of the molecule is CCc1nncn1CCNC(=NCc1ccccc1OC)NCCc1ccc(OC)cc1. The standard InChI is InChI=1S/C24H32N6O2/c1-4-23-29-28-18-30(23)16-15-26-24(27-17-20-7-5-6-8-22(20)32-3)25-14-13-19-9-11-21(31-2)12-10-19/h5-12,18H,4,13-17H2,1-3H3,(H2,25,26,27). The Bertz CT molecular complexity index is 984. The van der Waals surface area contributed by atoms with Crippen LogP contribution in [0.25, 0.3) is 0 Å². The smallest absolute Gasteiger partial charge is 0.191 e. The van der Waals surface area contributed by atoms with E-state index in [9.17, 15) is 0 Å². The normalized spacial score (nSPS) is 11.3. The van der Waals surface area contributed by atoms with Crippen LogP contribution in [0.1, 0.15) is 23.9 Å². The molecule has 0 aliphatic heterocycles. The van der Waals surface area contributed by atoms with E-state index in [1.54, 1.807) is 20.5 Å². The summed E-state index contributed by atoms with van der Waals surface area (Å²) >= 11 is 0. The van der Waals surface area contributed by atoms with Gasteiger partial charge >= 0.3 is 0 Å². The summed E-state index contributed by atoms with van der Waals surface area (Å²) in [6, 6.07) is 16.1. The molecule has 0 atom stereocenters. The van der Waals surface area contributed by atoms with Gasteiger partial charge in [0.05, 0.1) is 20.8 Å². The number of aliphatic imine (C=N–C) groups is 1. The number of nitrogens with one attached hydrogen (secondary N) is 2. The molecule has 1 heterocycles. The van der Waals surface area contributed by atoms with Crippen LogP contribution in [0.5, 0.6) is 11.5 Å². The molecule has 2 aromatic carbocycles. The third-order valence-corrected chi connectivity index (χ3v) is 5.12. The molecule has 0 saturated heterocycles. The summed E-state index contributed by atoms with van der Waals surface area (Å²) in [4.78, 5) is 4.78. The van der Waals surface area contributed by atoms with Gasteiger partial charge in [0, 0.05) is 31.6 Å². The van der Waals surface area contributed by atoms with Gasteiger partial charge in [0.2, 0.25) is 0 Å². The molecule has 0 aliphatic carbocycles. The lowest BCUT2D eigenvalue weighted by atomic mass is 10.1. The molecule has 0 saturated carbocycles. The van der Waals surface area contributed by atoms with Crippen molar-refractivity contribution in [2.45, 2.75) is 32.9 Å². The number of guanidine groups is 1. The Hall–Kier alpha value is -3.55. The third kappa shape index (κ3) is 6.73. The largest absolute Gasteiger partial charge is 0.497 e. The Labute approximate surface area is 189 Å². The van der Waals surface area contributed by atoms with E-state index in [0.717, 1.165) is 54.8 Å². The van der Waals surface area contributed by atoms with E-state index in [1.807, 2.05) is 36.4 Å². The van der Waals surface area contributed by atoms with Crippen molar-refractivity contribution in [3.63, 3.8) is 0 Å². The van der Waals surface area contributed by atoms with Crippen molar-refractivity contribution >= 4 is 5.96 Å². The van der Waals surface area contributed by atoms with Crippen LogP contribution in [0.15, 0.2) is 59.9 Å². The lowest BCUT2D eigenvalue weighted by Crippen LogP contribution is -2.40. The molecular formula is C24H32N6O2. The van der Waals surface area contributed by atoms with Crippen molar-refractivity contribution in [3.8, 4) is 11.5 Å². The van der Waals surface area contributed by atoms with Crippen LogP contribution in [-0.2, 0) is 25.9 Å². The summed E-state index contributed by atoms with van der Waals surface area (Å²) in [6.45, 7) is 4.84. The number of hydrogen-bond donors (Lipinski definition) is 2. The van der Waals surface area contributed by atoms with Crippen LogP contribution in [0.2, 0.25) is 0 Å². The van der Waals surface area contributed by atoms with E-state index in [0.29, 0.717) is 13.1 Å². The summed E-state index contributed by atoms with van der Waals surface area (Å²) in [6.07, 6.45) is 3.50. The Morgan fingerprint density at radius 3 is 2.53 bits per heavy atom. The molecule has 0 fully saturated rings. The van der Waals surface area contributed by atoms with E-state index >= 15 is 0 Å². The number of hydrogen-bond acceptors (Lipinski definition) is 5. The number of benzene rings is 2. The molecule has 8 nitrogen and oxygen atoms in total. The summed E-state index contributed by atoms with van der Waals surface area (Å²) in [5, 5.41) is 15.0. The van der Waals surface area contributed by atoms with Gasteiger partial charge in [0.25, 0.3) is 0 Å². The van der Waals surface area contributed by atoms with Gasteiger partial charge in [-0.15, -0.1) is 10.2 Å². The van der Waals surface area contributed by atoms with Crippen molar-refractivity contribution in [1.29, 1.82) is 0 Å². The van der Waals surface area contributed by atoms with Crippen molar-refractivity contribution in [2.24, 2.45) is 4.99 Å². The monoisotopic (exact) mass is 436 g/mol. The van der Waals surface area contributed by atoms with Crippen LogP contribution in [0.4, 0.5) is 0 Å². The zero-order valence-corrected chi connectivity index (χ0v) is 19.0. The molecule has 0 spiro atoms. The Morgan fingerprint density at radius 2 is 1.78 bits per heavy atom. The van der Waals surface area contributed by atoms with E-state index in [1.165, 1.54) is 5.56 Å². The van der Waals surface area contributed by atoms with Crippen LogP contribution >= 0.6 is 0 Å². The summed E-state index contributed by atoms with van der Waals surface area (Å²) in [5.74, 6) is 3.44. The molecule has 1 aromatic heterocycles. The first-order chi connectivity index (χ1) is 15.7. The minimum atomic E-state index is 0.523. The fourth-order valence-electron chi connectivity index (χ4n) is 3.32. The van der Waals surface area contributed by atoms with E-state index < -0.39 is 0 Å². The number of aryl methyl sites for hydroxylation is 1. The molecule has 170 valence electrons. The Morgan fingerprint density at radius 1 is 1.00 bits per heavy atom. The van der Waals surface area contributed by atoms with Gasteiger partial charge in [-0.3, -0.25) is 0 Å². The van der Waals surface area contributed by atoms with Gasteiger partial charge < -0.3 is 24.7 Å². The summed E-state index contributed by atoms with van der Waals surface area (Å²) < 4.78 is 12.7. The van der Waals surface area contributed by atoms with Gasteiger partial charge in [-0.1, -0.05) is 37.3 Å². The second-order valence-electron chi connectivity index (χ2n) is 7.22. The molecule has 32 heavy (non-hydrogen) atoms. The number of nitrogens with zero attached hydrogens (tertiary/aromatic N) is 4. The van der Waals surface area contributed by atoms with E-state index in [2.05, 4.69) is 44.5 Å². The second-order valence-corrected chi connectivity index (χ2v) is 7.22. The minimum absolute atomic E-state index is 0.523. The quantitative estimate of drug-likeness (QED) is 0.355. The van der Waals surface area contributed by atoms with Gasteiger partial charge in [0.15, 0.2) is 5.96 Å². The Balaban J connectivity index is 1.60. The lowest BCUT2D eigenvalue weighted by molar-refractivity contribution is 0.410. The highest BCUT2D eigenvalue weighted by molar-refractivity contribution is 5.79. The fourth-order valence-corrected chi connectivity index (χ4v) is 3.32. The predicted octanol–water partition coefficient (Wildman–Crippen LogP) is 2.84. The topological polar surface area (TPSA) is 85.6 Å². The fraction of sp³-hybridized carbons (Fsp3) is 0.375. The third-order valence-electron chi connectivity index (χ3n) is 5.12. The number of ether oxygens (including phenoxy) is 2. The molecule has 0 amide bonds. The molecule has 2 N–H and O–H groups in total. The van der Waals surface area contributed by atoms with Gasteiger partial charge in [-0.2, -0.15) is 0 Å². The molecule has 3 aromatic rings. The van der Waals surface area contributed by atoms with Crippen LogP contribution < -0.4 is 20.1 Å². The van der Waals surface area contributed by atoms with Crippen LogP contribution in [0, 0.1) is 0 Å². The maximum Gasteiger partial charge on any atom is 0.191 e.